The summed E-state index contributed by atoms with van der Waals surface area (Å²) in [7, 11) is -2.56. The average Bonchev–Trinajstić information content (AvgIpc) is 3.76. The molecule has 65 heavy (non-hydrogen) atoms. The second-order valence-corrected chi connectivity index (χ2v) is 20.2. The van der Waals surface area contributed by atoms with Crippen molar-refractivity contribution < 1.29 is 27.2 Å². The Balaban J connectivity index is 0.869. The average molecular weight is 925 g/mol. The molecule has 0 spiro atoms. The maximum atomic E-state index is 16.2. The number of carbonyl (C=O) groups is 3. The van der Waals surface area contributed by atoms with Crippen LogP contribution >= 0.6 is 11.3 Å². The molecular formula is C45H53FN12O5S2. The molecule has 17 nitrogen and oxygen atoms in total. The first-order chi connectivity index (χ1) is 31.1. The smallest absolute Gasteiger partial charge is 0.301 e. The van der Waals surface area contributed by atoms with Gasteiger partial charge >= 0.3 is 10.2 Å². The lowest BCUT2D eigenvalue weighted by Crippen LogP contribution is -2.51. The number of nitrogens with zero attached hydrogens (tertiary/aromatic N) is 9. The molecule has 3 amide bonds. The molecule has 3 fully saturated rings. The van der Waals surface area contributed by atoms with Crippen LogP contribution in [0.25, 0.3) is 21.8 Å². The van der Waals surface area contributed by atoms with Crippen LogP contribution in [-0.4, -0.2) is 113 Å². The number of thiazole rings is 1. The number of nitrogens with one attached hydrogen (secondary N) is 3. The number of rotatable bonds is 12. The fourth-order valence-electron chi connectivity index (χ4n) is 8.09. The van der Waals surface area contributed by atoms with Gasteiger partial charge in [0.05, 0.1) is 44.8 Å². The molecule has 3 saturated heterocycles. The molecule has 0 radical (unpaired) electrons. The molecule has 20 heteroatoms. The number of anilines is 5. The quantitative estimate of drug-likeness (QED) is 0.125. The van der Waals surface area contributed by atoms with Crippen LogP contribution < -0.4 is 25.2 Å². The van der Waals surface area contributed by atoms with E-state index in [4.69, 9.17) is 9.97 Å². The Bertz CT molecular complexity index is 2660. The number of imide groups is 1. The van der Waals surface area contributed by atoms with Crippen molar-refractivity contribution in [3.05, 3.63) is 83.5 Å². The van der Waals surface area contributed by atoms with Crippen molar-refractivity contribution in [2.45, 2.75) is 64.7 Å². The van der Waals surface area contributed by atoms with Gasteiger partial charge in [-0.1, -0.05) is 39.8 Å². The molecule has 0 bridgehead atoms. The van der Waals surface area contributed by atoms with Crippen molar-refractivity contribution in [1.29, 1.82) is 0 Å². The Kier molecular flexibility index (Phi) is 13.1. The molecule has 1 unspecified atom stereocenters. The standard InChI is InChI=1S/C45H53FN12O5S2/c1-6-55(5)65(62,63)54-33-9-7-8-32(38(33)46)39-40(64-43(53-39)45(2,3)4)34-16-19-47-44(50-34)51-35-13-11-30(27-48-35)56-22-24-58(25-23-56)42(61)28-17-20-57(21-18-28)36-14-10-29(26-49-36)31-12-15-37(59)52-41(31)60/h7-11,13-14,16,19,26-28,31,54H,6,12,15,17-18,20-25H2,1-5H3,(H,52,59,60)(H,47,48,50,51). The zero-order valence-electron chi connectivity index (χ0n) is 37.0. The van der Waals surface area contributed by atoms with Crippen molar-refractivity contribution in [2.24, 2.45) is 5.92 Å². The fraction of sp³-hybridized carbons (Fsp3) is 0.422. The monoisotopic (exact) mass is 924 g/mol. The Morgan fingerprint density at radius 3 is 2.35 bits per heavy atom. The first-order valence-corrected chi connectivity index (χ1v) is 24.0. The minimum absolute atomic E-state index is 0.0508. The van der Waals surface area contributed by atoms with Crippen molar-refractivity contribution in [3.8, 4) is 21.8 Å². The number of piperidine rings is 2. The highest BCUT2D eigenvalue weighted by molar-refractivity contribution is 7.90. The van der Waals surface area contributed by atoms with Crippen LogP contribution in [0.3, 0.4) is 0 Å². The molecule has 7 heterocycles. The van der Waals surface area contributed by atoms with Crippen LogP contribution in [0, 0.1) is 11.7 Å². The summed E-state index contributed by atoms with van der Waals surface area (Å²) in [6.07, 6.45) is 7.39. The summed E-state index contributed by atoms with van der Waals surface area (Å²) in [4.78, 5) is 67.8. The Hall–Kier alpha value is -6.12. The van der Waals surface area contributed by atoms with Crippen LogP contribution in [-0.2, 0) is 30.0 Å². The predicted octanol–water partition coefficient (Wildman–Crippen LogP) is 5.93. The maximum absolute atomic E-state index is 16.2. The van der Waals surface area contributed by atoms with Crippen molar-refractivity contribution in [3.63, 3.8) is 0 Å². The summed E-state index contributed by atoms with van der Waals surface area (Å²) in [5.41, 5.74) is 2.16. The topological polar surface area (TPSA) is 199 Å². The molecular weight excluding hydrogens is 872 g/mol. The minimum atomic E-state index is -3.97. The lowest BCUT2D eigenvalue weighted by Gasteiger charge is -2.39. The van der Waals surface area contributed by atoms with E-state index in [2.05, 4.69) is 40.1 Å². The summed E-state index contributed by atoms with van der Waals surface area (Å²) in [5, 5.41) is 6.34. The second-order valence-electron chi connectivity index (χ2n) is 17.5. The van der Waals surface area contributed by atoms with E-state index in [1.54, 1.807) is 43.7 Å². The summed E-state index contributed by atoms with van der Waals surface area (Å²) < 4.78 is 45.2. The lowest BCUT2D eigenvalue weighted by molar-refractivity contribution is -0.136. The Morgan fingerprint density at radius 2 is 1.69 bits per heavy atom. The Morgan fingerprint density at radius 1 is 0.923 bits per heavy atom. The number of benzene rings is 1. The second kappa shape index (κ2) is 18.8. The van der Waals surface area contributed by atoms with E-state index >= 15 is 4.39 Å². The van der Waals surface area contributed by atoms with E-state index in [-0.39, 0.29) is 58.7 Å². The first-order valence-electron chi connectivity index (χ1n) is 21.8. The number of amides is 3. The number of aromatic nitrogens is 5. The van der Waals surface area contributed by atoms with Gasteiger partial charge in [-0.15, -0.1) is 11.3 Å². The molecule has 1 atom stereocenters. The van der Waals surface area contributed by atoms with Gasteiger partial charge in [-0.25, -0.2) is 29.3 Å². The third-order valence-electron chi connectivity index (χ3n) is 12.0. The zero-order valence-corrected chi connectivity index (χ0v) is 38.7. The van der Waals surface area contributed by atoms with Gasteiger partial charge in [-0.2, -0.15) is 12.7 Å². The number of hydrogen-bond donors (Lipinski definition) is 3. The third kappa shape index (κ3) is 10.1. The number of carbonyl (C=O) groups excluding carboxylic acids is 3. The molecule has 0 saturated carbocycles. The normalized spacial score (nSPS) is 17.6. The van der Waals surface area contributed by atoms with Gasteiger partial charge in [0.1, 0.15) is 11.6 Å². The number of hydrogen-bond acceptors (Lipinski definition) is 14. The predicted molar refractivity (Wildman–Crippen MR) is 249 cm³/mol. The molecule has 342 valence electrons. The minimum Gasteiger partial charge on any atom is -0.367 e. The van der Waals surface area contributed by atoms with Gasteiger partial charge in [0, 0.05) is 88.6 Å². The Labute approximate surface area is 382 Å². The molecule has 1 aromatic carbocycles. The van der Waals surface area contributed by atoms with E-state index in [0.717, 1.165) is 39.2 Å². The van der Waals surface area contributed by atoms with Gasteiger partial charge in [0.2, 0.25) is 23.7 Å². The van der Waals surface area contributed by atoms with Gasteiger partial charge in [0.25, 0.3) is 0 Å². The van der Waals surface area contributed by atoms with Crippen molar-refractivity contribution in [2.75, 3.05) is 72.7 Å². The van der Waals surface area contributed by atoms with Crippen LogP contribution in [0.5, 0.6) is 0 Å². The number of halogens is 1. The molecule has 4 aromatic heterocycles. The van der Waals surface area contributed by atoms with Crippen molar-refractivity contribution >= 4 is 68.2 Å². The highest BCUT2D eigenvalue weighted by Crippen LogP contribution is 2.42. The van der Waals surface area contributed by atoms with Crippen molar-refractivity contribution in [1.82, 2.24) is 39.4 Å². The summed E-state index contributed by atoms with van der Waals surface area (Å²) in [6.45, 7) is 12.0. The first kappa shape index (κ1) is 45.4. The summed E-state index contributed by atoms with van der Waals surface area (Å²) >= 11 is 1.39. The van der Waals surface area contributed by atoms with E-state index in [1.807, 2.05) is 49.9 Å². The van der Waals surface area contributed by atoms with Gasteiger partial charge in [-0.05, 0) is 61.2 Å². The fourth-order valence-corrected chi connectivity index (χ4v) is 10.1. The molecule has 5 aromatic rings. The highest BCUT2D eigenvalue weighted by atomic mass is 32.2. The SMILES string of the molecule is CCN(C)S(=O)(=O)Nc1cccc(-c2nc(C(C)(C)C)sc2-c2ccnc(Nc3ccc(N4CCN(C(=O)C5CCN(c6ccc(C7CCC(=O)NC7=O)cn6)CC5)CC4)cn3)n2)c1F. The van der Waals surface area contributed by atoms with E-state index in [0.29, 0.717) is 74.2 Å². The zero-order chi connectivity index (χ0) is 46.0. The van der Waals surface area contributed by atoms with Gasteiger partial charge in [-0.3, -0.25) is 24.4 Å². The highest BCUT2D eigenvalue weighted by Gasteiger charge is 2.33. The summed E-state index contributed by atoms with van der Waals surface area (Å²) in [5.74, 6) is 0.125. The third-order valence-corrected chi connectivity index (χ3v) is 15.1. The van der Waals surface area contributed by atoms with Crippen LogP contribution in [0.2, 0.25) is 0 Å². The molecule has 3 aliphatic rings. The van der Waals surface area contributed by atoms with E-state index < -0.39 is 16.0 Å². The van der Waals surface area contributed by atoms with E-state index in [1.165, 1.54) is 24.5 Å². The van der Waals surface area contributed by atoms with Gasteiger partial charge < -0.3 is 20.0 Å². The van der Waals surface area contributed by atoms with E-state index in [9.17, 15) is 22.8 Å². The van der Waals surface area contributed by atoms with Crippen LogP contribution in [0.1, 0.15) is 69.9 Å². The summed E-state index contributed by atoms with van der Waals surface area (Å²) in [6, 6.07) is 13.9. The maximum Gasteiger partial charge on any atom is 0.301 e. The lowest BCUT2D eigenvalue weighted by atomic mass is 9.91. The molecule has 8 rings (SSSR count). The van der Waals surface area contributed by atoms with Crippen LogP contribution in [0.4, 0.5) is 33.3 Å². The number of pyridine rings is 2. The molecule has 3 N–H and O–H groups in total. The molecule has 0 aliphatic carbocycles. The van der Waals surface area contributed by atoms with Crippen LogP contribution in [0.15, 0.2) is 67.1 Å². The largest absolute Gasteiger partial charge is 0.367 e. The number of piperazine rings is 1. The molecule has 3 aliphatic heterocycles. The van der Waals surface area contributed by atoms with Gasteiger partial charge in [0.15, 0.2) is 5.82 Å².